The third-order valence-corrected chi connectivity index (χ3v) is 5.22. The largest absolute Gasteiger partial charge is 0.343 e. The minimum Gasteiger partial charge on any atom is -0.343 e. The van der Waals surface area contributed by atoms with E-state index in [1.54, 1.807) is 0 Å². The molecule has 1 fully saturated rings. The Kier molecular flexibility index (Phi) is 4.97. The molecule has 1 aromatic rings. The topological polar surface area (TPSA) is 33.2 Å². The van der Waals surface area contributed by atoms with E-state index in [0.717, 1.165) is 45.2 Å². The first-order valence-electron chi connectivity index (χ1n) is 7.33. The SMILES string of the molecule is CCCCC(=O)N1CCC(c2nc(C)c(C)s2)CC1. The molecule has 0 N–H and O–H groups in total. The molecule has 2 rings (SSSR count). The maximum Gasteiger partial charge on any atom is 0.222 e. The molecule has 1 aromatic heterocycles. The fourth-order valence-corrected chi connectivity index (χ4v) is 3.63. The number of thiazole rings is 1. The van der Waals surface area contributed by atoms with Gasteiger partial charge < -0.3 is 4.90 Å². The summed E-state index contributed by atoms with van der Waals surface area (Å²) in [6, 6.07) is 0. The molecule has 0 aliphatic carbocycles. The molecule has 1 aliphatic rings. The van der Waals surface area contributed by atoms with Gasteiger partial charge in [0.2, 0.25) is 5.91 Å². The molecule has 1 amide bonds. The summed E-state index contributed by atoms with van der Waals surface area (Å²) in [6.45, 7) is 8.17. The number of aromatic nitrogens is 1. The van der Waals surface area contributed by atoms with Crippen molar-refractivity contribution in [3.63, 3.8) is 0 Å². The summed E-state index contributed by atoms with van der Waals surface area (Å²) in [6.07, 6.45) is 4.98. The van der Waals surface area contributed by atoms with Crippen molar-refractivity contribution in [3.8, 4) is 0 Å². The molecule has 106 valence electrons. The first-order valence-corrected chi connectivity index (χ1v) is 8.15. The zero-order valence-electron chi connectivity index (χ0n) is 12.2. The van der Waals surface area contributed by atoms with Gasteiger partial charge in [-0.2, -0.15) is 0 Å². The lowest BCUT2D eigenvalue weighted by atomic mass is 9.97. The van der Waals surface area contributed by atoms with E-state index in [-0.39, 0.29) is 0 Å². The molecule has 0 aromatic carbocycles. The Labute approximate surface area is 120 Å². The molecule has 3 nitrogen and oxygen atoms in total. The Hall–Kier alpha value is -0.900. The van der Waals surface area contributed by atoms with Gasteiger partial charge in [-0.1, -0.05) is 13.3 Å². The Morgan fingerprint density at radius 3 is 2.58 bits per heavy atom. The molecular formula is C15H24N2OS. The average Bonchev–Trinajstić information content (AvgIpc) is 2.76. The number of amides is 1. The summed E-state index contributed by atoms with van der Waals surface area (Å²) in [5.74, 6) is 0.902. The maximum absolute atomic E-state index is 12.0. The second-order valence-electron chi connectivity index (χ2n) is 5.45. The van der Waals surface area contributed by atoms with Gasteiger partial charge in [0.1, 0.15) is 0 Å². The average molecular weight is 280 g/mol. The molecule has 0 saturated carbocycles. The summed E-state index contributed by atoms with van der Waals surface area (Å²) < 4.78 is 0. The highest BCUT2D eigenvalue weighted by Gasteiger charge is 2.25. The number of hydrogen-bond acceptors (Lipinski definition) is 3. The van der Waals surface area contributed by atoms with E-state index in [2.05, 4.69) is 25.8 Å². The van der Waals surface area contributed by atoms with Crippen molar-refractivity contribution in [1.29, 1.82) is 0 Å². The van der Waals surface area contributed by atoms with E-state index in [4.69, 9.17) is 0 Å². The molecule has 0 spiro atoms. The highest BCUT2D eigenvalue weighted by atomic mass is 32.1. The lowest BCUT2D eigenvalue weighted by Gasteiger charge is -2.31. The predicted molar refractivity (Wildman–Crippen MR) is 79.7 cm³/mol. The van der Waals surface area contributed by atoms with Crippen molar-refractivity contribution in [2.75, 3.05) is 13.1 Å². The standard InChI is InChI=1S/C15H24N2OS/c1-4-5-6-14(18)17-9-7-13(8-10-17)15-16-11(2)12(3)19-15/h13H,4-10H2,1-3H3. The molecule has 4 heteroatoms. The molecule has 0 bridgehead atoms. The molecule has 0 radical (unpaired) electrons. The number of piperidine rings is 1. The fraction of sp³-hybridized carbons (Fsp3) is 0.733. The van der Waals surface area contributed by atoms with Crippen molar-refractivity contribution in [1.82, 2.24) is 9.88 Å². The third-order valence-electron chi connectivity index (χ3n) is 3.99. The summed E-state index contributed by atoms with van der Waals surface area (Å²) >= 11 is 1.83. The van der Waals surface area contributed by atoms with Gasteiger partial charge in [-0.15, -0.1) is 11.3 Å². The van der Waals surface area contributed by atoms with E-state index in [0.29, 0.717) is 11.8 Å². The van der Waals surface area contributed by atoms with Crippen LogP contribution in [0.1, 0.15) is 60.5 Å². The second-order valence-corrected chi connectivity index (χ2v) is 6.69. The molecule has 0 unspecified atom stereocenters. The zero-order valence-corrected chi connectivity index (χ0v) is 13.1. The van der Waals surface area contributed by atoms with Crippen molar-refractivity contribution in [2.24, 2.45) is 0 Å². The van der Waals surface area contributed by atoms with Crippen LogP contribution in [-0.4, -0.2) is 28.9 Å². The number of carbonyl (C=O) groups is 1. The molecular weight excluding hydrogens is 256 g/mol. The van der Waals surface area contributed by atoms with Crippen LogP contribution in [0, 0.1) is 13.8 Å². The normalized spacial score (nSPS) is 16.9. The van der Waals surface area contributed by atoms with Gasteiger partial charge >= 0.3 is 0 Å². The molecule has 1 aliphatic heterocycles. The quantitative estimate of drug-likeness (QED) is 0.843. The van der Waals surface area contributed by atoms with E-state index < -0.39 is 0 Å². The number of nitrogens with zero attached hydrogens (tertiary/aromatic N) is 2. The summed E-state index contributed by atoms with van der Waals surface area (Å²) in [7, 11) is 0. The van der Waals surface area contributed by atoms with Crippen LogP contribution >= 0.6 is 11.3 Å². The highest BCUT2D eigenvalue weighted by Crippen LogP contribution is 2.32. The van der Waals surface area contributed by atoms with Crippen LogP contribution in [-0.2, 0) is 4.79 Å². The number of likely N-dealkylation sites (tertiary alicyclic amines) is 1. The van der Waals surface area contributed by atoms with Crippen molar-refractivity contribution < 1.29 is 4.79 Å². The van der Waals surface area contributed by atoms with Crippen molar-refractivity contribution in [2.45, 2.75) is 58.8 Å². The van der Waals surface area contributed by atoms with Crippen LogP contribution in [0.3, 0.4) is 0 Å². The molecule has 19 heavy (non-hydrogen) atoms. The van der Waals surface area contributed by atoms with Gasteiger partial charge in [0, 0.05) is 30.3 Å². The van der Waals surface area contributed by atoms with E-state index in [1.165, 1.54) is 15.6 Å². The molecule has 0 atom stereocenters. The Morgan fingerprint density at radius 1 is 1.37 bits per heavy atom. The Bertz CT molecular complexity index is 414. The first kappa shape index (κ1) is 14.5. The van der Waals surface area contributed by atoms with Crippen LogP contribution in [0.4, 0.5) is 0 Å². The summed E-state index contributed by atoms with van der Waals surface area (Å²) in [5.41, 5.74) is 1.17. The second kappa shape index (κ2) is 6.51. The Balaban J connectivity index is 1.87. The smallest absolute Gasteiger partial charge is 0.222 e. The van der Waals surface area contributed by atoms with Crippen molar-refractivity contribution >= 4 is 17.2 Å². The first-order chi connectivity index (χ1) is 9.11. The number of hydrogen-bond donors (Lipinski definition) is 0. The molecule has 2 heterocycles. The van der Waals surface area contributed by atoms with Gasteiger partial charge in [-0.25, -0.2) is 4.98 Å². The van der Waals surface area contributed by atoms with Crippen molar-refractivity contribution in [3.05, 3.63) is 15.6 Å². The lowest BCUT2D eigenvalue weighted by Crippen LogP contribution is -2.37. The minimum atomic E-state index is 0.340. The van der Waals surface area contributed by atoms with Gasteiger partial charge in [-0.05, 0) is 33.1 Å². The summed E-state index contributed by atoms with van der Waals surface area (Å²) in [5, 5.41) is 1.27. The van der Waals surface area contributed by atoms with Crippen LogP contribution in [0.25, 0.3) is 0 Å². The fourth-order valence-electron chi connectivity index (χ4n) is 2.53. The Morgan fingerprint density at radius 2 is 2.05 bits per heavy atom. The monoisotopic (exact) mass is 280 g/mol. The van der Waals surface area contributed by atoms with E-state index in [1.807, 2.05) is 16.2 Å². The van der Waals surface area contributed by atoms with Gasteiger partial charge in [0.25, 0.3) is 0 Å². The number of unbranched alkanes of at least 4 members (excludes halogenated alkanes) is 1. The van der Waals surface area contributed by atoms with E-state index in [9.17, 15) is 4.79 Å². The van der Waals surface area contributed by atoms with E-state index >= 15 is 0 Å². The summed E-state index contributed by atoms with van der Waals surface area (Å²) in [4.78, 5) is 20.0. The number of carbonyl (C=O) groups excluding carboxylic acids is 1. The van der Waals surface area contributed by atoms with Gasteiger partial charge in [-0.3, -0.25) is 4.79 Å². The van der Waals surface area contributed by atoms with Gasteiger partial charge in [0.05, 0.1) is 10.7 Å². The minimum absolute atomic E-state index is 0.340. The maximum atomic E-state index is 12.0. The highest BCUT2D eigenvalue weighted by molar-refractivity contribution is 7.11. The van der Waals surface area contributed by atoms with Crippen LogP contribution in [0.15, 0.2) is 0 Å². The van der Waals surface area contributed by atoms with Gasteiger partial charge in [0.15, 0.2) is 0 Å². The number of aryl methyl sites for hydroxylation is 2. The van der Waals surface area contributed by atoms with Crippen LogP contribution in [0.2, 0.25) is 0 Å². The number of rotatable bonds is 4. The zero-order chi connectivity index (χ0) is 13.8. The molecule has 1 saturated heterocycles. The third kappa shape index (κ3) is 3.56. The van der Waals surface area contributed by atoms with Crippen LogP contribution in [0.5, 0.6) is 0 Å². The van der Waals surface area contributed by atoms with Crippen LogP contribution < -0.4 is 0 Å². The predicted octanol–water partition coefficient (Wildman–Crippen LogP) is 3.66. The lowest BCUT2D eigenvalue weighted by molar-refractivity contribution is -0.132.